The molecule has 1 atom stereocenters. The molecule has 29 heavy (non-hydrogen) atoms. The fourth-order valence-electron chi connectivity index (χ4n) is 3.03. The van der Waals surface area contributed by atoms with Gasteiger partial charge in [0.2, 0.25) is 0 Å². The molecule has 1 aliphatic heterocycles. The summed E-state index contributed by atoms with van der Waals surface area (Å²) in [7, 11) is -2.69. The zero-order chi connectivity index (χ0) is 21.2. The van der Waals surface area contributed by atoms with E-state index in [4.69, 9.17) is 16.3 Å². The van der Waals surface area contributed by atoms with Gasteiger partial charge in [-0.3, -0.25) is 0 Å². The Kier molecular flexibility index (Phi) is 5.95. The molecule has 0 aromatic heterocycles. The summed E-state index contributed by atoms with van der Waals surface area (Å²) < 4.78 is 30.6. The minimum atomic E-state index is -3.89. The number of halogens is 1. The maximum atomic E-state index is 12.9. The Labute approximate surface area is 173 Å². The topological polar surface area (TPSA) is 102 Å². The number of rotatable bonds is 5. The van der Waals surface area contributed by atoms with Crippen molar-refractivity contribution >= 4 is 33.4 Å². The molecule has 0 spiro atoms. The van der Waals surface area contributed by atoms with Crippen LogP contribution >= 0.6 is 11.6 Å². The van der Waals surface area contributed by atoms with Crippen LogP contribution in [-0.4, -0.2) is 33.3 Å². The van der Waals surface area contributed by atoms with E-state index in [0.29, 0.717) is 5.56 Å². The third-order valence-electron chi connectivity index (χ3n) is 4.46. The van der Waals surface area contributed by atoms with Crippen LogP contribution < -0.4 is 10.6 Å². The fourth-order valence-corrected chi connectivity index (χ4v) is 4.65. The molecule has 0 saturated carbocycles. The molecule has 0 fully saturated rings. The summed E-state index contributed by atoms with van der Waals surface area (Å²) in [5.74, 6) is -1.33. The first-order valence-electron chi connectivity index (χ1n) is 8.65. The van der Waals surface area contributed by atoms with Crippen LogP contribution in [0.25, 0.3) is 0 Å². The third kappa shape index (κ3) is 4.60. The average molecular weight is 435 g/mol. The van der Waals surface area contributed by atoms with Gasteiger partial charge in [-0.05, 0) is 30.7 Å². The highest BCUT2D eigenvalue weighted by molar-refractivity contribution is 7.91. The van der Waals surface area contributed by atoms with Crippen LogP contribution in [0.1, 0.15) is 17.2 Å². The van der Waals surface area contributed by atoms with E-state index < -0.39 is 33.6 Å². The van der Waals surface area contributed by atoms with Crippen LogP contribution in [0.5, 0.6) is 0 Å². The molecule has 0 radical (unpaired) electrons. The molecule has 1 aliphatic rings. The maximum absolute atomic E-state index is 12.9. The van der Waals surface area contributed by atoms with Crippen molar-refractivity contribution in [2.24, 2.45) is 0 Å². The molecule has 1 heterocycles. The van der Waals surface area contributed by atoms with Gasteiger partial charge in [0.05, 0.1) is 29.4 Å². The van der Waals surface area contributed by atoms with Crippen molar-refractivity contribution in [2.75, 3.05) is 12.9 Å². The van der Waals surface area contributed by atoms with Crippen molar-refractivity contribution in [3.63, 3.8) is 0 Å². The zero-order valence-electron chi connectivity index (χ0n) is 15.7. The fraction of sp³-hybridized carbons (Fsp3) is 0.200. The predicted molar refractivity (Wildman–Crippen MR) is 108 cm³/mol. The van der Waals surface area contributed by atoms with E-state index >= 15 is 0 Å². The van der Waals surface area contributed by atoms with Gasteiger partial charge in [0.1, 0.15) is 0 Å². The van der Waals surface area contributed by atoms with E-state index in [-0.39, 0.29) is 21.2 Å². The maximum Gasteiger partial charge on any atom is 0.338 e. The van der Waals surface area contributed by atoms with Gasteiger partial charge < -0.3 is 15.4 Å². The SMILES string of the molecule is COC(=O)C1=C(CS(=O)(=O)c2cccc(Cl)c2)NC(=O)N[C@@H]1c1ccc(C)cc1. The Morgan fingerprint density at radius 2 is 1.86 bits per heavy atom. The number of aryl methyl sites for hydroxylation is 1. The summed E-state index contributed by atoms with van der Waals surface area (Å²) in [5.41, 5.74) is 1.62. The van der Waals surface area contributed by atoms with Crippen molar-refractivity contribution in [3.8, 4) is 0 Å². The lowest BCUT2D eigenvalue weighted by atomic mass is 9.95. The molecule has 2 amide bonds. The van der Waals surface area contributed by atoms with Crippen molar-refractivity contribution in [3.05, 3.63) is 76.0 Å². The van der Waals surface area contributed by atoms with Gasteiger partial charge in [-0.25, -0.2) is 18.0 Å². The quantitative estimate of drug-likeness (QED) is 0.704. The zero-order valence-corrected chi connectivity index (χ0v) is 17.3. The predicted octanol–water partition coefficient (Wildman–Crippen LogP) is 2.90. The number of benzene rings is 2. The van der Waals surface area contributed by atoms with Gasteiger partial charge in [0.15, 0.2) is 9.84 Å². The molecule has 2 aromatic carbocycles. The number of methoxy groups -OCH3 is 1. The van der Waals surface area contributed by atoms with Crippen molar-refractivity contribution in [1.82, 2.24) is 10.6 Å². The molecule has 0 aliphatic carbocycles. The molecular weight excluding hydrogens is 416 g/mol. The van der Waals surface area contributed by atoms with E-state index in [1.54, 1.807) is 18.2 Å². The number of hydrogen-bond acceptors (Lipinski definition) is 5. The number of hydrogen-bond donors (Lipinski definition) is 2. The minimum absolute atomic E-state index is 0.0126. The number of ether oxygens (including phenoxy) is 1. The standard InChI is InChI=1S/C20H19ClN2O5S/c1-12-6-8-13(9-7-12)18-17(19(24)28-2)16(22-20(25)23-18)11-29(26,27)15-5-3-4-14(21)10-15/h3-10,18H,11H2,1-2H3,(H2,22,23,25)/t18-/m1/s1. The van der Waals surface area contributed by atoms with E-state index in [0.717, 1.165) is 5.56 Å². The molecule has 0 bridgehead atoms. The molecule has 0 saturated heterocycles. The lowest BCUT2D eigenvalue weighted by Gasteiger charge is -2.29. The first kappa shape index (κ1) is 20.9. The summed E-state index contributed by atoms with van der Waals surface area (Å²) >= 11 is 5.90. The Morgan fingerprint density at radius 3 is 2.48 bits per heavy atom. The summed E-state index contributed by atoms with van der Waals surface area (Å²) in [4.78, 5) is 24.7. The van der Waals surface area contributed by atoms with Crippen LogP contribution in [0.2, 0.25) is 5.02 Å². The first-order valence-corrected chi connectivity index (χ1v) is 10.7. The van der Waals surface area contributed by atoms with Crippen LogP contribution in [0, 0.1) is 6.92 Å². The number of carbonyl (C=O) groups is 2. The van der Waals surface area contributed by atoms with Gasteiger partial charge in [0, 0.05) is 10.7 Å². The molecule has 3 rings (SSSR count). The minimum Gasteiger partial charge on any atom is -0.466 e. The monoisotopic (exact) mass is 434 g/mol. The van der Waals surface area contributed by atoms with E-state index in [2.05, 4.69) is 10.6 Å². The van der Waals surface area contributed by atoms with Crippen molar-refractivity contribution < 1.29 is 22.7 Å². The van der Waals surface area contributed by atoms with Crippen LogP contribution in [0.4, 0.5) is 4.79 Å². The van der Waals surface area contributed by atoms with Gasteiger partial charge in [-0.15, -0.1) is 0 Å². The van der Waals surface area contributed by atoms with Gasteiger partial charge in [0.25, 0.3) is 0 Å². The largest absolute Gasteiger partial charge is 0.466 e. The van der Waals surface area contributed by atoms with Crippen LogP contribution in [0.15, 0.2) is 64.7 Å². The highest BCUT2D eigenvalue weighted by atomic mass is 35.5. The first-order chi connectivity index (χ1) is 13.7. The highest BCUT2D eigenvalue weighted by Gasteiger charge is 2.35. The normalized spacial score (nSPS) is 16.8. The van der Waals surface area contributed by atoms with Crippen LogP contribution in [0.3, 0.4) is 0 Å². The van der Waals surface area contributed by atoms with E-state index in [1.807, 2.05) is 19.1 Å². The molecular formula is C20H19ClN2O5S. The summed E-state index contributed by atoms with van der Waals surface area (Å²) in [5, 5.41) is 5.37. The highest BCUT2D eigenvalue weighted by Crippen LogP contribution is 2.29. The third-order valence-corrected chi connectivity index (χ3v) is 6.34. The Balaban J connectivity index is 2.09. The second-order valence-electron chi connectivity index (χ2n) is 6.54. The summed E-state index contributed by atoms with van der Waals surface area (Å²) in [6.07, 6.45) is 0. The van der Waals surface area contributed by atoms with E-state index in [9.17, 15) is 18.0 Å². The molecule has 152 valence electrons. The lowest BCUT2D eigenvalue weighted by Crippen LogP contribution is -2.47. The Bertz CT molecular complexity index is 1090. The average Bonchev–Trinajstić information content (AvgIpc) is 2.67. The molecule has 2 aromatic rings. The number of nitrogens with one attached hydrogen (secondary N) is 2. The van der Waals surface area contributed by atoms with Crippen molar-refractivity contribution in [2.45, 2.75) is 17.9 Å². The van der Waals surface area contributed by atoms with Gasteiger partial charge in [-0.1, -0.05) is 47.5 Å². The van der Waals surface area contributed by atoms with Crippen LogP contribution in [-0.2, 0) is 19.4 Å². The van der Waals surface area contributed by atoms with Gasteiger partial charge in [-0.2, -0.15) is 0 Å². The second kappa shape index (κ2) is 8.26. The van der Waals surface area contributed by atoms with E-state index in [1.165, 1.54) is 25.3 Å². The summed E-state index contributed by atoms with van der Waals surface area (Å²) in [6.45, 7) is 1.91. The van der Waals surface area contributed by atoms with Crippen molar-refractivity contribution in [1.29, 1.82) is 0 Å². The number of esters is 1. The summed E-state index contributed by atoms with van der Waals surface area (Å²) in [6, 6.07) is 11.5. The molecule has 7 nitrogen and oxygen atoms in total. The smallest absolute Gasteiger partial charge is 0.338 e. The Morgan fingerprint density at radius 1 is 1.17 bits per heavy atom. The number of carbonyl (C=O) groups excluding carboxylic acids is 2. The second-order valence-corrected chi connectivity index (χ2v) is 8.97. The number of sulfone groups is 1. The number of amides is 2. The lowest BCUT2D eigenvalue weighted by molar-refractivity contribution is -0.136. The molecule has 2 N–H and O–H groups in total. The number of urea groups is 1. The molecule has 0 unspecified atom stereocenters. The van der Waals surface area contributed by atoms with Gasteiger partial charge >= 0.3 is 12.0 Å². The Hall–Kier alpha value is -2.84. The molecule has 9 heteroatoms.